The second-order valence-corrected chi connectivity index (χ2v) is 7.62. The number of thiophene rings is 1. The summed E-state index contributed by atoms with van der Waals surface area (Å²) in [7, 11) is 0. The van der Waals surface area contributed by atoms with Crippen LogP contribution in [0.1, 0.15) is 20.4 Å². The molecule has 0 aliphatic heterocycles. The molecular weight excluding hydrogens is 368 g/mol. The Morgan fingerprint density at radius 2 is 2.00 bits per heavy atom. The number of rotatable bonds is 5. The van der Waals surface area contributed by atoms with Crippen LogP contribution in [-0.2, 0) is 11.3 Å². The second kappa shape index (κ2) is 7.23. The number of esters is 1. The van der Waals surface area contributed by atoms with Gasteiger partial charge in [0.15, 0.2) is 0 Å². The maximum atomic E-state index is 12.6. The predicted octanol–water partition coefficient (Wildman–Crippen LogP) is 5.19. The van der Waals surface area contributed by atoms with E-state index in [2.05, 4.69) is 9.97 Å². The van der Waals surface area contributed by atoms with Gasteiger partial charge in [0.25, 0.3) is 0 Å². The highest BCUT2D eigenvalue weighted by molar-refractivity contribution is 7.14. The van der Waals surface area contributed by atoms with Crippen molar-refractivity contribution < 1.29 is 13.9 Å². The number of benzene rings is 1. The average Bonchev–Trinajstić information content (AvgIpc) is 3.40. The van der Waals surface area contributed by atoms with Crippen LogP contribution in [-0.4, -0.2) is 15.9 Å². The minimum Gasteiger partial charge on any atom is -0.455 e. The molecule has 0 bridgehead atoms. The third kappa shape index (κ3) is 3.44. The van der Waals surface area contributed by atoms with Gasteiger partial charge in [-0.05, 0) is 18.4 Å². The Kier molecular flexibility index (Phi) is 4.64. The lowest BCUT2D eigenvalue weighted by Gasteiger charge is -2.03. The largest absolute Gasteiger partial charge is 0.455 e. The SMILES string of the molecule is Cc1nc(-c2ccccc2)c(C(=O)OCc2coc(-c3cccs3)n2)s1. The Balaban J connectivity index is 1.49. The summed E-state index contributed by atoms with van der Waals surface area (Å²) in [5, 5.41) is 2.77. The van der Waals surface area contributed by atoms with Gasteiger partial charge in [0.2, 0.25) is 5.89 Å². The van der Waals surface area contributed by atoms with Crippen LogP contribution in [0.15, 0.2) is 58.5 Å². The molecule has 0 saturated heterocycles. The fourth-order valence-electron chi connectivity index (χ4n) is 2.45. The van der Waals surface area contributed by atoms with Crippen molar-refractivity contribution in [2.45, 2.75) is 13.5 Å². The summed E-state index contributed by atoms with van der Waals surface area (Å²) >= 11 is 2.87. The van der Waals surface area contributed by atoms with Crippen LogP contribution >= 0.6 is 22.7 Å². The molecule has 3 aromatic heterocycles. The number of aryl methyl sites for hydroxylation is 1. The summed E-state index contributed by atoms with van der Waals surface area (Å²) in [5.74, 6) is 0.125. The van der Waals surface area contributed by atoms with Crippen LogP contribution < -0.4 is 0 Å². The number of carbonyl (C=O) groups is 1. The van der Waals surface area contributed by atoms with E-state index >= 15 is 0 Å². The van der Waals surface area contributed by atoms with Gasteiger partial charge in [-0.2, -0.15) is 0 Å². The van der Waals surface area contributed by atoms with Gasteiger partial charge in [-0.3, -0.25) is 0 Å². The molecule has 4 aromatic rings. The van der Waals surface area contributed by atoms with Crippen molar-refractivity contribution in [3.8, 4) is 22.0 Å². The zero-order chi connectivity index (χ0) is 17.9. The van der Waals surface area contributed by atoms with E-state index in [-0.39, 0.29) is 6.61 Å². The van der Waals surface area contributed by atoms with E-state index < -0.39 is 5.97 Å². The Morgan fingerprint density at radius 3 is 2.77 bits per heavy atom. The second-order valence-electron chi connectivity index (χ2n) is 5.47. The Hall–Kier alpha value is -2.77. The number of thiazole rings is 1. The molecule has 0 saturated carbocycles. The van der Waals surface area contributed by atoms with E-state index in [4.69, 9.17) is 9.15 Å². The first-order chi connectivity index (χ1) is 12.7. The molecule has 0 N–H and O–H groups in total. The lowest BCUT2D eigenvalue weighted by atomic mass is 10.1. The van der Waals surface area contributed by atoms with Gasteiger partial charge in [-0.1, -0.05) is 36.4 Å². The lowest BCUT2D eigenvalue weighted by molar-refractivity contribution is 0.0474. The first-order valence-corrected chi connectivity index (χ1v) is 9.58. The maximum absolute atomic E-state index is 12.6. The van der Waals surface area contributed by atoms with E-state index in [1.807, 2.05) is 54.8 Å². The Bertz CT molecular complexity index is 1020. The van der Waals surface area contributed by atoms with E-state index in [0.717, 1.165) is 15.4 Å². The van der Waals surface area contributed by atoms with Crippen molar-refractivity contribution in [2.75, 3.05) is 0 Å². The minimum absolute atomic E-state index is 0.0545. The van der Waals surface area contributed by atoms with Crippen molar-refractivity contribution in [3.05, 3.63) is 69.7 Å². The van der Waals surface area contributed by atoms with Gasteiger partial charge in [0, 0.05) is 5.56 Å². The van der Waals surface area contributed by atoms with Crippen molar-refractivity contribution >= 4 is 28.6 Å². The number of hydrogen-bond donors (Lipinski definition) is 0. The highest BCUT2D eigenvalue weighted by Gasteiger charge is 2.20. The van der Waals surface area contributed by atoms with Gasteiger partial charge in [-0.15, -0.1) is 22.7 Å². The molecule has 0 fully saturated rings. The summed E-state index contributed by atoms with van der Waals surface area (Å²) in [6.07, 6.45) is 1.51. The standard InChI is InChI=1S/C19H14N2O3S2/c1-12-20-16(13-6-3-2-4-7-13)17(26-12)19(22)24-11-14-10-23-18(21-14)15-8-5-9-25-15/h2-10H,11H2,1H3. The quantitative estimate of drug-likeness (QED) is 0.444. The van der Waals surface area contributed by atoms with Crippen LogP contribution in [0, 0.1) is 6.92 Å². The highest BCUT2D eigenvalue weighted by Crippen LogP contribution is 2.29. The van der Waals surface area contributed by atoms with Crippen LogP contribution in [0.5, 0.6) is 0 Å². The fourth-order valence-corrected chi connectivity index (χ4v) is 3.94. The van der Waals surface area contributed by atoms with Crippen LogP contribution in [0.4, 0.5) is 0 Å². The molecule has 3 heterocycles. The van der Waals surface area contributed by atoms with Crippen LogP contribution in [0.25, 0.3) is 22.0 Å². The van der Waals surface area contributed by atoms with Crippen LogP contribution in [0.2, 0.25) is 0 Å². The Labute approximate surface area is 157 Å². The van der Waals surface area contributed by atoms with Gasteiger partial charge in [0.1, 0.15) is 23.4 Å². The number of hydrogen-bond acceptors (Lipinski definition) is 7. The van der Waals surface area contributed by atoms with Crippen LogP contribution in [0.3, 0.4) is 0 Å². The van der Waals surface area contributed by atoms with Crippen molar-refractivity contribution in [3.63, 3.8) is 0 Å². The molecule has 0 aliphatic carbocycles. The van der Waals surface area contributed by atoms with E-state index in [0.29, 0.717) is 22.2 Å². The van der Waals surface area contributed by atoms with Crippen molar-refractivity contribution in [1.29, 1.82) is 0 Å². The first kappa shape index (κ1) is 16.7. The molecule has 0 aliphatic rings. The minimum atomic E-state index is -0.407. The van der Waals surface area contributed by atoms with E-state index in [1.54, 1.807) is 11.3 Å². The summed E-state index contributed by atoms with van der Waals surface area (Å²) in [4.78, 5) is 22.8. The maximum Gasteiger partial charge on any atom is 0.351 e. The molecule has 0 radical (unpaired) electrons. The third-order valence-electron chi connectivity index (χ3n) is 3.60. The molecule has 26 heavy (non-hydrogen) atoms. The molecule has 0 spiro atoms. The van der Waals surface area contributed by atoms with E-state index in [1.165, 1.54) is 17.6 Å². The zero-order valence-electron chi connectivity index (χ0n) is 13.8. The lowest BCUT2D eigenvalue weighted by Crippen LogP contribution is -2.05. The number of ether oxygens (including phenoxy) is 1. The Morgan fingerprint density at radius 1 is 1.15 bits per heavy atom. The molecule has 1 aromatic carbocycles. The number of oxazole rings is 1. The molecular formula is C19H14N2O3S2. The monoisotopic (exact) mass is 382 g/mol. The van der Waals surface area contributed by atoms with Crippen molar-refractivity contribution in [2.24, 2.45) is 0 Å². The molecule has 0 unspecified atom stereocenters. The summed E-state index contributed by atoms with van der Waals surface area (Å²) < 4.78 is 10.9. The predicted molar refractivity (Wildman–Crippen MR) is 101 cm³/mol. The summed E-state index contributed by atoms with van der Waals surface area (Å²) in [6.45, 7) is 1.93. The van der Waals surface area contributed by atoms with Gasteiger partial charge >= 0.3 is 5.97 Å². The average molecular weight is 382 g/mol. The van der Waals surface area contributed by atoms with Crippen molar-refractivity contribution in [1.82, 2.24) is 9.97 Å². The molecule has 7 heteroatoms. The van der Waals surface area contributed by atoms with Gasteiger partial charge in [-0.25, -0.2) is 14.8 Å². The number of aromatic nitrogens is 2. The van der Waals surface area contributed by atoms with E-state index in [9.17, 15) is 4.79 Å². The summed E-state index contributed by atoms with van der Waals surface area (Å²) in [6, 6.07) is 13.5. The zero-order valence-corrected chi connectivity index (χ0v) is 15.5. The third-order valence-corrected chi connectivity index (χ3v) is 5.41. The van der Waals surface area contributed by atoms with Gasteiger partial charge in [0.05, 0.1) is 15.6 Å². The highest BCUT2D eigenvalue weighted by atomic mass is 32.1. The molecule has 4 rings (SSSR count). The summed E-state index contributed by atoms with van der Waals surface area (Å²) in [5.41, 5.74) is 2.12. The molecule has 0 amide bonds. The number of carbonyl (C=O) groups excluding carboxylic acids is 1. The first-order valence-electron chi connectivity index (χ1n) is 7.89. The molecule has 5 nitrogen and oxygen atoms in total. The molecule has 130 valence electrons. The molecule has 0 atom stereocenters. The smallest absolute Gasteiger partial charge is 0.351 e. The fraction of sp³-hybridized carbons (Fsp3) is 0.105. The topological polar surface area (TPSA) is 65.2 Å². The van der Waals surface area contributed by atoms with Gasteiger partial charge < -0.3 is 9.15 Å². The number of nitrogens with zero attached hydrogens (tertiary/aromatic N) is 2. The normalized spacial score (nSPS) is 10.8.